The first kappa shape index (κ1) is 15.5. The molecule has 0 saturated carbocycles. The number of aryl methyl sites for hydroxylation is 1. The van der Waals surface area contributed by atoms with Gasteiger partial charge in [-0.15, -0.1) is 5.10 Å². The molecule has 0 unspecified atom stereocenters. The van der Waals surface area contributed by atoms with Crippen molar-refractivity contribution in [2.45, 2.75) is 6.92 Å². The average molecular weight is 320 g/mol. The van der Waals surface area contributed by atoms with Gasteiger partial charge in [-0.2, -0.15) is 5.10 Å². The van der Waals surface area contributed by atoms with Crippen LogP contribution in [0.2, 0.25) is 0 Å². The van der Waals surface area contributed by atoms with Gasteiger partial charge in [0.2, 0.25) is 5.91 Å². The van der Waals surface area contributed by atoms with Gasteiger partial charge in [-0.05, 0) is 61.5 Å². The Labute approximate surface area is 139 Å². The van der Waals surface area contributed by atoms with Gasteiger partial charge in [0.25, 0.3) is 0 Å². The fourth-order valence-electron chi connectivity index (χ4n) is 1.98. The third-order valence-corrected chi connectivity index (χ3v) is 3.16. The third kappa shape index (κ3) is 4.30. The maximum absolute atomic E-state index is 11.8. The lowest BCUT2D eigenvalue weighted by Crippen LogP contribution is -2.07. The highest BCUT2D eigenvalue weighted by atomic mass is 16.3. The fraction of sp³-hybridized carbons (Fsp3) is 0.0556. The van der Waals surface area contributed by atoms with Crippen LogP contribution in [0.4, 0.5) is 17.2 Å². The molecule has 0 aliphatic carbocycles. The Hall–Kier alpha value is -3.41. The highest BCUT2D eigenvalue weighted by Crippen LogP contribution is 2.17. The zero-order chi connectivity index (χ0) is 16.8. The number of rotatable bonds is 5. The summed E-state index contributed by atoms with van der Waals surface area (Å²) in [5.74, 6) is 1.07. The average Bonchev–Trinajstić information content (AvgIpc) is 3.10. The summed E-state index contributed by atoms with van der Waals surface area (Å²) in [6.45, 7) is 1.88. The molecule has 6 nitrogen and oxygen atoms in total. The van der Waals surface area contributed by atoms with Crippen molar-refractivity contribution in [2.75, 3.05) is 10.6 Å². The summed E-state index contributed by atoms with van der Waals surface area (Å²) in [4.78, 5) is 11.8. The number of hydrogen-bond donors (Lipinski definition) is 2. The monoisotopic (exact) mass is 320 g/mol. The summed E-state index contributed by atoms with van der Waals surface area (Å²) in [6.07, 6.45) is 4.59. The van der Waals surface area contributed by atoms with Crippen LogP contribution in [0.5, 0.6) is 0 Å². The largest absolute Gasteiger partial charge is 0.465 e. The van der Waals surface area contributed by atoms with Gasteiger partial charge in [0.15, 0.2) is 5.82 Å². The maximum atomic E-state index is 11.8. The second-order valence-electron chi connectivity index (χ2n) is 5.10. The van der Waals surface area contributed by atoms with Gasteiger partial charge in [-0.1, -0.05) is 0 Å². The van der Waals surface area contributed by atoms with E-state index in [0.29, 0.717) is 17.3 Å². The predicted molar refractivity (Wildman–Crippen MR) is 92.9 cm³/mol. The highest BCUT2D eigenvalue weighted by Gasteiger charge is 2.00. The minimum absolute atomic E-state index is 0.225. The van der Waals surface area contributed by atoms with Gasteiger partial charge in [0.05, 0.1) is 12.0 Å². The van der Waals surface area contributed by atoms with Crippen LogP contribution >= 0.6 is 0 Å². The standard InChI is InChI=1S/C18H16N4O2/c1-13-4-10-17(22-21-13)19-14-5-7-15(8-6-14)20-18(23)11-9-16-3-2-12-24-16/h2-12H,1H3,(H,19,22)(H,20,23). The van der Waals surface area contributed by atoms with Crippen molar-refractivity contribution < 1.29 is 9.21 Å². The van der Waals surface area contributed by atoms with Crippen LogP contribution in [-0.2, 0) is 4.79 Å². The molecule has 0 aliphatic rings. The van der Waals surface area contributed by atoms with Gasteiger partial charge in [-0.25, -0.2) is 0 Å². The molecular weight excluding hydrogens is 304 g/mol. The Bertz CT molecular complexity index is 822. The molecule has 0 atom stereocenters. The minimum atomic E-state index is -0.225. The summed E-state index contributed by atoms with van der Waals surface area (Å²) in [5, 5.41) is 14.0. The molecule has 2 N–H and O–H groups in total. The second-order valence-corrected chi connectivity index (χ2v) is 5.10. The fourth-order valence-corrected chi connectivity index (χ4v) is 1.98. The first-order chi connectivity index (χ1) is 11.7. The second kappa shape index (κ2) is 7.23. The van der Waals surface area contributed by atoms with Crippen molar-refractivity contribution in [2.24, 2.45) is 0 Å². The van der Waals surface area contributed by atoms with Gasteiger partial charge < -0.3 is 15.1 Å². The van der Waals surface area contributed by atoms with E-state index in [-0.39, 0.29) is 5.91 Å². The number of anilines is 3. The number of aromatic nitrogens is 2. The molecular formula is C18H16N4O2. The van der Waals surface area contributed by atoms with Crippen LogP contribution in [0, 0.1) is 6.92 Å². The van der Waals surface area contributed by atoms with Crippen molar-refractivity contribution in [3.8, 4) is 0 Å². The van der Waals surface area contributed by atoms with Crippen LogP contribution in [-0.4, -0.2) is 16.1 Å². The Morgan fingerprint density at radius 3 is 2.50 bits per heavy atom. The molecule has 0 fully saturated rings. The Balaban J connectivity index is 1.58. The van der Waals surface area contributed by atoms with Crippen molar-refractivity contribution >= 4 is 29.2 Å². The van der Waals surface area contributed by atoms with Crippen molar-refractivity contribution in [1.29, 1.82) is 0 Å². The highest BCUT2D eigenvalue weighted by molar-refractivity contribution is 6.01. The summed E-state index contributed by atoms with van der Waals surface area (Å²) in [6, 6.07) is 14.6. The lowest BCUT2D eigenvalue weighted by atomic mass is 10.2. The molecule has 24 heavy (non-hydrogen) atoms. The number of nitrogens with one attached hydrogen (secondary N) is 2. The number of hydrogen-bond acceptors (Lipinski definition) is 5. The van der Waals surface area contributed by atoms with Crippen molar-refractivity contribution in [3.05, 3.63) is 72.3 Å². The zero-order valence-corrected chi connectivity index (χ0v) is 13.1. The van der Waals surface area contributed by atoms with Gasteiger partial charge >= 0.3 is 0 Å². The Morgan fingerprint density at radius 2 is 1.83 bits per heavy atom. The van der Waals surface area contributed by atoms with Crippen LogP contribution in [0.3, 0.4) is 0 Å². The number of nitrogens with zero attached hydrogens (tertiary/aromatic N) is 2. The first-order valence-corrected chi connectivity index (χ1v) is 7.39. The topological polar surface area (TPSA) is 80.0 Å². The van der Waals surface area contributed by atoms with E-state index < -0.39 is 0 Å². The van der Waals surface area contributed by atoms with Crippen LogP contribution in [0.15, 0.2) is 65.3 Å². The quantitative estimate of drug-likeness (QED) is 0.699. The molecule has 0 bridgehead atoms. The smallest absolute Gasteiger partial charge is 0.248 e. The molecule has 0 aliphatic heterocycles. The molecule has 0 spiro atoms. The van der Waals surface area contributed by atoms with E-state index in [1.54, 1.807) is 24.5 Å². The molecule has 2 aromatic heterocycles. The molecule has 0 saturated heterocycles. The molecule has 3 aromatic rings. The van der Waals surface area contributed by atoms with Gasteiger partial charge in [0, 0.05) is 17.5 Å². The van der Waals surface area contributed by atoms with E-state index >= 15 is 0 Å². The molecule has 1 amide bonds. The van der Waals surface area contributed by atoms with Crippen molar-refractivity contribution in [1.82, 2.24) is 10.2 Å². The SMILES string of the molecule is Cc1ccc(Nc2ccc(NC(=O)C=Cc3ccco3)cc2)nn1. The number of benzene rings is 1. The maximum Gasteiger partial charge on any atom is 0.248 e. The molecule has 3 rings (SSSR count). The van der Waals surface area contributed by atoms with E-state index in [1.807, 2.05) is 43.3 Å². The van der Waals surface area contributed by atoms with Crippen LogP contribution in [0.1, 0.15) is 11.5 Å². The number of amides is 1. The molecule has 120 valence electrons. The molecule has 0 radical (unpaired) electrons. The zero-order valence-electron chi connectivity index (χ0n) is 13.1. The summed E-state index contributed by atoms with van der Waals surface area (Å²) in [5.41, 5.74) is 2.42. The Kier molecular flexibility index (Phi) is 4.67. The van der Waals surface area contributed by atoms with E-state index in [0.717, 1.165) is 11.4 Å². The predicted octanol–water partition coefficient (Wildman–Crippen LogP) is 3.77. The summed E-state index contributed by atoms with van der Waals surface area (Å²) in [7, 11) is 0. The lowest BCUT2D eigenvalue weighted by Gasteiger charge is -2.07. The van der Waals surface area contributed by atoms with Crippen LogP contribution in [0.25, 0.3) is 6.08 Å². The van der Waals surface area contributed by atoms with Gasteiger partial charge in [-0.3, -0.25) is 4.79 Å². The first-order valence-electron chi connectivity index (χ1n) is 7.39. The lowest BCUT2D eigenvalue weighted by molar-refractivity contribution is -0.111. The molecule has 2 heterocycles. The van der Waals surface area contributed by atoms with E-state index in [2.05, 4.69) is 20.8 Å². The molecule has 1 aromatic carbocycles. The normalized spacial score (nSPS) is 10.7. The van der Waals surface area contributed by atoms with E-state index in [4.69, 9.17) is 4.42 Å². The minimum Gasteiger partial charge on any atom is -0.465 e. The third-order valence-electron chi connectivity index (χ3n) is 3.16. The summed E-state index contributed by atoms with van der Waals surface area (Å²) >= 11 is 0. The van der Waals surface area contributed by atoms with E-state index in [9.17, 15) is 4.79 Å². The van der Waals surface area contributed by atoms with Crippen LogP contribution < -0.4 is 10.6 Å². The number of carbonyl (C=O) groups excluding carboxylic acids is 1. The summed E-state index contributed by atoms with van der Waals surface area (Å²) < 4.78 is 5.13. The van der Waals surface area contributed by atoms with E-state index in [1.165, 1.54) is 6.08 Å². The number of furan rings is 1. The Morgan fingerprint density at radius 1 is 1.04 bits per heavy atom. The van der Waals surface area contributed by atoms with Gasteiger partial charge in [0.1, 0.15) is 5.76 Å². The molecule has 6 heteroatoms. The van der Waals surface area contributed by atoms with Crippen molar-refractivity contribution in [3.63, 3.8) is 0 Å². The number of carbonyl (C=O) groups is 1.